The maximum absolute atomic E-state index is 12.4. The predicted molar refractivity (Wildman–Crippen MR) is 89.5 cm³/mol. The molecule has 2 aromatic heterocycles. The van der Waals surface area contributed by atoms with Gasteiger partial charge in [-0.2, -0.15) is 0 Å². The number of hydrogen-bond donors (Lipinski definition) is 1. The van der Waals surface area contributed by atoms with Crippen molar-refractivity contribution in [3.63, 3.8) is 0 Å². The summed E-state index contributed by atoms with van der Waals surface area (Å²) in [6, 6.07) is 3.74. The molecule has 7 nitrogen and oxygen atoms in total. The monoisotopic (exact) mass is 332 g/mol. The number of aromatic nitrogens is 3. The van der Waals surface area contributed by atoms with Crippen LogP contribution >= 0.6 is 0 Å². The van der Waals surface area contributed by atoms with Crippen LogP contribution in [0.2, 0.25) is 0 Å². The molecule has 3 rings (SSSR count). The van der Waals surface area contributed by atoms with E-state index in [0.29, 0.717) is 18.9 Å². The summed E-state index contributed by atoms with van der Waals surface area (Å²) < 4.78 is 7.45. The molecule has 0 unspecified atom stereocenters. The summed E-state index contributed by atoms with van der Waals surface area (Å²) in [5.41, 5.74) is 0.998. The Morgan fingerprint density at radius 2 is 2.25 bits per heavy atom. The van der Waals surface area contributed by atoms with Gasteiger partial charge in [0, 0.05) is 19.3 Å². The van der Waals surface area contributed by atoms with Crippen molar-refractivity contribution in [3.05, 3.63) is 24.2 Å². The van der Waals surface area contributed by atoms with E-state index >= 15 is 0 Å². The molecule has 24 heavy (non-hydrogen) atoms. The van der Waals surface area contributed by atoms with Crippen molar-refractivity contribution in [3.8, 4) is 0 Å². The van der Waals surface area contributed by atoms with Gasteiger partial charge in [-0.15, -0.1) is 0 Å². The third-order valence-electron chi connectivity index (χ3n) is 4.08. The number of piperidine rings is 1. The Bertz CT molecular complexity index is 735. The number of fused-ring (bicyclic) bond motifs is 1. The van der Waals surface area contributed by atoms with Crippen LogP contribution in [0.4, 0.5) is 4.79 Å². The smallest absolute Gasteiger partial charge is 0.410 e. The summed E-state index contributed by atoms with van der Waals surface area (Å²) in [4.78, 5) is 23.0. The zero-order chi connectivity index (χ0) is 17.3. The molecular formula is C17H24N4O3. The second-order valence-electron chi connectivity index (χ2n) is 7.12. The van der Waals surface area contributed by atoms with Crippen LogP contribution in [-0.4, -0.2) is 49.3 Å². The highest BCUT2D eigenvalue weighted by atomic mass is 16.6. The second kappa shape index (κ2) is 6.39. The average molecular weight is 332 g/mol. The zero-order valence-electron chi connectivity index (χ0n) is 14.4. The molecular weight excluding hydrogens is 308 g/mol. The van der Waals surface area contributed by atoms with E-state index in [-0.39, 0.29) is 18.7 Å². The van der Waals surface area contributed by atoms with E-state index in [1.54, 1.807) is 11.1 Å². The van der Waals surface area contributed by atoms with Crippen molar-refractivity contribution >= 4 is 17.3 Å². The first-order valence-electron chi connectivity index (χ1n) is 8.29. The molecule has 0 aromatic carbocycles. The number of ether oxygens (including phenoxy) is 1. The lowest BCUT2D eigenvalue weighted by Gasteiger charge is -2.35. The van der Waals surface area contributed by atoms with Gasteiger partial charge in [-0.25, -0.2) is 14.8 Å². The Balaban J connectivity index is 1.86. The number of aliphatic hydroxyl groups excluding tert-OH is 1. The summed E-state index contributed by atoms with van der Waals surface area (Å²) in [5.74, 6) is 0.583. The van der Waals surface area contributed by atoms with Crippen molar-refractivity contribution in [2.45, 2.75) is 51.9 Å². The topological polar surface area (TPSA) is 80.5 Å². The van der Waals surface area contributed by atoms with Crippen molar-refractivity contribution in [1.29, 1.82) is 0 Å². The maximum Gasteiger partial charge on any atom is 0.410 e. The SMILES string of the molecule is CC(C)(C)OC(=O)N1CCC[C@@H](n2c(CO)nc3cccnc32)C1. The molecule has 1 N–H and O–H groups in total. The first-order valence-corrected chi connectivity index (χ1v) is 8.29. The number of likely N-dealkylation sites (tertiary alicyclic amines) is 1. The van der Waals surface area contributed by atoms with Gasteiger partial charge in [-0.05, 0) is 45.7 Å². The molecule has 1 fully saturated rings. The van der Waals surface area contributed by atoms with Crippen LogP contribution in [-0.2, 0) is 11.3 Å². The number of carbonyl (C=O) groups is 1. The molecule has 1 amide bonds. The Morgan fingerprint density at radius 1 is 1.46 bits per heavy atom. The third-order valence-corrected chi connectivity index (χ3v) is 4.08. The van der Waals surface area contributed by atoms with Crippen LogP contribution in [0.5, 0.6) is 0 Å². The number of amides is 1. The fourth-order valence-corrected chi connectivity index (χ4v) is 3.13. The first kappa shape index (κ1) is 16.7. The molecule has 1 atom stereocenters. The average Bonchev–Trinajstić information content (AvgIpc) is 2.92. The van der Waals surface area contributed by atoms with Crippen molar-refractivity contribution in [1.82, 2.24) is 19.4 Å². The van der Waals surface area contributed by atoms with E-state index in [4.69, 9.17) is 4.74 Å². The largest absolute Gasteiger partial charge is 0.444 e. The van der Waals surface area contributed by atoms with Gasteiger partial charge in [0.25, 0.3) is 0 Å². The number of carbonyl (C=O) groups excluding carboxylic acids is 1. The summed E-state index contributed by atoms with van der Waals surface area (Å²) in [7, 11) is 0. The minimum absolute atomic E-state index is 0.0355. The minimum Gasteiger partial charge on any atom is -0.444 e. The van der Waals surface area contributed by atoms with Crippen LogP contribution in [0.15, 0.2) is 18.3 Å². The molecule has 1 aliphatic heterocycles. The molecule has 7 heteroatoms. The van der Waals surface area contributed by atoms with E-state index in [2.05, 4.69) is 9.97 Å². The fourth-order valence-electron chi connectivity index (χ4n) is 3.13. The molecule has 130 valence electrons. The number of aliphatic hydroxyl groups is 1. The minimum atomic E-state index is -0.510. The van der Waals surface area contributed by atoms with E-state index in [9.17, 15) is 9.90 Å². The summed E-state index contributed by atoms with van der Waals surface area (Å²) in [6.45, 7) is 6.65. The van der Waals surface area contributed by atoms with Gasteiger partial charge in [0.2, 0.25) is 0 Å². The number of pyridine rings is 1. The molecule has 0 radical (unpaired) electrons. The number of imidazole rings is 1. The molecule has 0 spiro atoms. The highest BCUT2D eigenvalue weighted by Gasteiger charge is 2.30. The lowest BCUT2D eigenvalue weighted by molar-refractivity contribution is 0.0171. The van der Waals surface area contributed by atoms with Crippen LogP contribution in [0, 0.1) is 0 Å². The third kappa shape index (κ3) is 3.36. The Labute approximate surface area is 141 Å². The van der Waals surface area contributed by atoms with Gasteiger partial charge in [-0.1, -0.05) is 0 Å². The number of nitrogens with zero attached hydrogens (tertiary/aromatic N) is 4. The quantitative estimate of drug-likeness (QED) is 0.914. The van der Waals surface area contributed by atoms with Crippen LogP contribution in [0.1, 0.15) is 45.5 Å². The maximum atomic E-state index is 12.4. The second-order valence-corrected chi connectivity index (χ2v) is 7.12. The van der Waals surface area contributed by atoms with E-state index < -0.39 is 5.60 Å². The van der Waals surface area contributed by atoms with Gasteiger partial charge in [0.15, 0.2) is 5.65 Å². The Kier molecular flexibility index (Phi) is 4.45. The molecule has 0 bridgehead atoms. The van der Waals surface area contributed by atoms with Gasteiger partial charge in [-0.3, -0.25) is 0 Å². The normalized spacial score (nSPS) is 18.8. The van der Waals surface area contributed by atoms with Crippen LogP contribution < -0.4 is 0 Å². The van der Waals surface area contributed by atoms with Gasteiger partial charge < -0.3 is 19.3 Å². The Hall–Kier alpha value is -2.15. The summed E-state index contributed by atoms with van der Waals surface area (Å²) in [6.07, 6.45) is 3.21. The van der Waals surface area contributed by atoms with Crippen molar-refractivity contribution in [2.24, 2.45) is 0 Å². The van der Waals surface area contributed by atoms with Crippen molar-refractivity contribution < 1.29 is 14.6 Å². The summed E-state index contributed by atoms with van der Waals surface area (Å²) in [5, 5.41) is 9.66. The van der Waals surface area contributed by atoms with Gasteiger partial charge in [0.1, 0.15) is 23.5 Å². The van der Waals surface area contributed by atoms with Gasteiger partial charge in [0.05, 0.1) is 6.04 Å². The molecule has 3 heterocycles. The molecule has 1 saturated heterocycles. The van der Waals surface area contributed by atoms with E-state index in [1.165, 1.54) is 0 Å². The molecule has 0 aliphatic carbocycles. The highest BCUT2D eigenvalue weighted by molar-refractivity contribution is 5.71. The van der Waals surface area contributed by atoms with Crippen LogP contribution in [0.25, 0.3) is 11.2 Å². The molecule has 2 aromatic rings. The highest BCUT2D eigenvalue weighted by Crippen LogP contribution is 2.28. The number of rotatable bonds is 2. The van der Waals surface area contributed by atoms with Crippen LogP contribution in [0.3, 0.4) is 0 Å². The number of hydrogen-bond acceptors (Lipinski definition) is 5. The standard InChI is InChI=1S/C17H24N4O3/c1-17(2,3)24-16(23)20-9-5-6-12(10-20)21-14(11-22)19-13-7-4-8-18-15(13)21/h4,7-8,12,22H,5-6,9-11H2,1-3H3/t12-/m1/s1. The van der Waals surface area contributed by atoms with E-state index in [0.717, 1.165) is 24.0 Å². The predicted octanol–water partition coefficient (Wildman–Crippen LogP) is 2.50. The first-order chi connectivity index (χ1) is 11.4. The fraction of sp³-hybridized carbons (Fsp3) is 0.588. The van der Waals surface area contributed by atoms with Crippen molar-refractivity contribution in [2.75, 3.05) is 13.1 Å². The lowest BCUT2D eigenvalue weighted by atomic mass is 10.1. The van der Waals surface area contributed by atoms with E-state index in [1.807, 2.05) is 37.5 Å². The Morgan fingerprint density at radius 3 is 2.96 bits per heavy atom. The lowest BCUT2D eigenvalue weighted by Crippen LogP contribution is -2.43. The molecule has 0 saturated carbocycles. The summed E-state index contributed by atoms with van der Waals surface area (Å²) >= 11 is 0. The zero-order valence-corrected chi connectivity index (χ0v) is 14.4. The molecule has 1 aliphatic rings. The van der Waals surface area contributed by atoms with Gasteiger partial charge >= 0.3 is 6.09 Å².